The minimum Gasteiger partial charge on any atom is -0.480 e. The maximum absolute atomic E-state index is 11.3. The molecule has 2 aromatic rings. The van der Waals surface area contributed by atoms with E-state index in [9.17, 15) is 9.90 Å². The molecule has 0 amide bonds. The molecule has 1 saturated carbocycles. The summed E-state index contributed by atoms with van der Waals surface area (Å²) < 4.78 is 0. The van der Waals surface area contributed by atoms with Gasteiger partial charge in [-0.3, -0.25) is 4.79 Å². The van der Waals surface area contributed by atoms with Gasteiger partial charge in [0.2, 0.25) is 0 Å². The number of hydrogen-bond acceptors (Lipinski definition) is 3. The second-order valence-electron chi connectivity index (χ2n) is 5.65. The Morgan fingerprint density at radius 3 is 2.57 bits per heavy atom. The first-order valence-electron chi connectivity index (χ1n) is 7.23. The number of benzene rings is 1. The number of carbonyl (C=O) groups is 1. The molecule has 1 aliphatic rings. The van der Waals surface area contributed by atoms with Crippen molar-refractivity contribution in [3.05, 3.63) is 52.2 Å². The maximum atomic E-state index is 11.3. The molecule has 0 bridgehead atoms. The van der Waals surface area contributed by atoms with Gasteiger partial charge in [0.25, 0.3) is 0 Å². The minimum absolute atomic E-state index is 0.0438. The molecule has 1 heterocycles. The first-order valence-corrected chi connectivity index (χ1v) is 8.11. The molecule has 1 aromatic heterocycles. The standard InChI is InChI=1S/C17H19NO2S/c1-12-4-8-14(9-5-12)18(11-16(19)20)17(13-6-7-13)15-3-2-10-21-15/h2-5,8-10,13,17H,6-7,11H2,1H3,(H,19,20). The first kappa shape index (κ1) is 14.1. The summed E-state index contributed by atoms with van der Waals surface area (Å²) in [4.78, 5) is 14.6. The van der Waals surface area contributed by atoms with Crippen molar-refractivity contribution < 1.29 is 9.90 Å². The highest BCUT2D eigenvalue weighted by Crippen LogP contribution is 2.47. The number of aryl methyl sites for hydroxylation is 1. The van der Waals surface area contributed by atoms with Gasteiger partial charge < -0.3 is 10.0 Å². The van der Waals surface area contributed by atoms with Crippen LogP contribution in [0.15, 0.2) is 41.8 Å². The quantitative estimate of drug-likeness (QED) is 0.873. The van der Waals surface area contributed by atoms with Gasteiger partial charge in [0.15, 0.2) is 0 Å². The largest absolute Gasteiger partial charge is 0.480 e. The fourth-order valence-corrected chi connectivity index (χ4v) is 3.67. The van der Waals surface area contributed by atoms with E-state index in [1.807, 2.05) is 42.2 Å². The predicted octanol–water partition coefficient (Wildman–Crippen LogP) is 4.10. The number of thiophene rings is 1. The van der Waals surface area contributed by atoms with Gasteiger partial charge in [0.05, 0.1) is 6.04 Å². The Kier molecular flexibility index (Phi) is 3.97. The van der Waals surface area contributed by atoms with Crippen LogP contribution >= 0.6 is 11.3 Å². The third kappa shape index (κ3) is 3.27. The van der Waals surface area contributed by atoms with E-state index in [4.69, 9.17) is 0 Å². The van der Waals surface area contributed by atoms with Gasteiger partial charge in [-0.1, -0.05) is 23.8 Å². The summed E-state index contributed by atoms with van der Waals surface area (Å²) in [5.74, 6) is -0.206. The molecule has 1 aromatic carbocycles. The van der Waals surface area contributed by atoms with E-state index in [1.54, 1.807) is 11.3 Å². The third-order valence-corrected chi connectivity index (χ3v) is 4.85. The second kappa shape index (κ2) is 5.90. The van der Waals surface area contributed by atoms with Gasteiger partial charge in [-0.15, -0.1) is 11.3 Å². The second-order valence-corrected chi connectivity index (χ2v) is 6.63. The normalized spacial score (nSPS) is 15.7. The lowest BCUT2D eigenvalue weighted by atomic mass is 10.1. The molecule has 3 nitrogen and oxygen atoms in total. The molecule has 0 aliphatic heterocycles. The van der Waals surface area contributed by atoms with Crippen molar-refractivity contribution in [3.8, 4) is 0 Å². The SMILES string of the molecule is Cc1ccc(N(CC(=O)O)C(c2cccs2)C2CC2)cc1. The zero-order chi connectivity index (χ0) is 14.8. The smallest absolute Gasteiger partial charge is 0.323 e. The molecule has 1 fully saturated rings. The van der Waals surface area contributed by atoms with E-state index < -0.39 is 5.97 Å². The highest BCUT2D eigenvalue weighted by Gasteiger charge is 2.37. The molecule has 0 radical (unpaired) electrons. The molecule has 21 heavy (non-hydrogen) atoms. The lowest BCUT2D eigenvalue weighted by Gasteiger charge is -2.32. The first-order chi connectivity index (χ1) is 10.1. The Labute approximate surface area is 128 Å². The topological polar surface area (TPSA) is 40.5 Å². The lowest BCUT2D eigenvalue weighted by Crippen LogP contribution is -2.34. The van der Waals surface area contributed by atoms with Crippen molar-refractivity contribution >= 4 is 23.0 Å². The van der Waals surface area contributed by atoms with E-state index in [0.717, 1.165) is 5.69 Å². The number of rotatable bonds is 6. The summed E-state index contributed by atoms with van der Waals surface area (Å²) in [6, 6.07) is 12.5. The predicted molar refractivity (Wildman–Crippen MR) is 85.9 cm³/mol. The number of anilines is 1. The number of carboxylic acids is 1. The molecule has 0 spiro atoms. The zero-order valence-electron chi connectivity index (χ0n) is 12.0. The Bertz CT molecular complexity index is 602. The van der Waals surface area contributed by atoms with Gasteiger partial charge in [0, 0.05) is 10.6 Å². The molecule has 110 valence electrons. The van der Waals surface area contributed by atoms with Crippen LogP contribution in [0.3, 0.4) is 0 Å². The van der Waals surface area contributed by atoms with Crippen molar-refractivity contribution in [3.63, 3.8) is 0 Å². The summed E-state index contributed by atoms with van der Waals surface area (Å²) in [5, 5.41) is 11.4. The van der Waals surface area contributed by atoms with Crippen molar-refractivity contribution in [1.29, 1.82) is 0 Å². The molecule has 1 atom stereocenters. The number of hydrogen-bond donors (Lipinski definition) is 1. The third-order valence-electron chi connectivity index (χ3n) is 3.91. The monoisotopic (exact) mass is 301 g/mol. The molecule has 1 N–H and O–H groups in total. The van der Waals surface area contributed by atoms with Crippen LogP contribution < -0.4 is 4.90 Å². The van der Waals surface area contributed by atoms with Gasteiger partial charge in [-0.25, -0.2) is 0 Å². The Morgan fingerprint density at radius 1 is 1.33 bits per heavy atom. The average molecular weight is 301 g/mol. The van der Waals surface area contributed by atoms with Crippen LogP contribution in [0, 0.1) is 12.8 Å². The van der Waals surface area contributed by atoms with E-state index in [2.05, 4.69) is 11.4 Å². The van der Waals surface area contributed by atoms with Gasteiger partial charge >= 0.3 is 5.97 Å². The maximum Gasteiger partial charge on any atom is 0.323 e. The molecule has 0 saturated heterocycles. The highest BCUT2D eigenvalue weighted by molar-refractivity contribution is 7.10. The summed E-state index contributed by atoms with van der Waals surface area (Å²) in [6.45, 7) is 2.09. The van der Waals surface area contributed by atoms with Gasteiger partial charge in [0.1, 0.15) is 6.54 Å². The summed E-state index contributed by atoms with van der Waals surface area (Å²) in [6.07, 6.45) is 2.37. The van der Waals surface area contributed by atoms with Crippen molar-refractivity contribution in [2.45, 2.75) is 25.8 Å². The average Bonchev–Trinajstić information content (AvgIpc) is 3.13. The molecule has 1 unspecified atom stereocenters. The van der Waals surface area contributed by atoms with Crippen LogP contribution in [0.2, 0.25) is 0 Å². The van der Waals surface area contributed by atoms with Crippen LogP contribution in [0.1, 0.15) is 29.3 Å². The Hall–Kier alpha value is -1.81. The van der Waals surface area contributed by atoms with Crippen molar-refractivity contribution in [2.75, 3.05) is 11.4 Å². The minimum atomic E-state index is -0.780. The van der Waals surface area contributed by atoms with E-state index in [0.29, 0.717) is 5.92 Å². The molecular formula is C17H19NO2S. The molecule has 4 heteroatoms. The molecular weight excluding hydrogens is 282 g/mol. The van der Waals surface area contributed by atoms with Crippen molar-refractivity contribution in [2.24, 2.45) is 5.92 Å². The fraction of sp³-hybridized carbons (Fsp3) is 0.353. The molecule has 1 aliphatic carbocycles. The van der Waals surface area contributed by atoms with E-state index >= 15 is 0 Å². The van der Waals surface area contributed by atoms with Crippen molar-refractivity contribution in [1.82, 2.24) is 0 Å². The van der Waals surface area contributed by atoms with Crippen LogP contribution in [0.4, 0.5) is 5.69 Å². The van der Waals surface area contributed by atoms with Gasteiger partial charge in [-0.2, -0.15) is 0 Å². The van der Waals surface area contributed by atoms with E-state index in [1.165, 1.54) is 23.3 Å². The lowest BCUT2D eigenvalue weighted by molar-refractivity contribution is -0.135. The summed E-state index contributed by atoms with van der Waals surface area (Å²) in [5.41, 5.74) is 2.18. The number of carboxylic acid groups (broad SMARTS) is 1. The zero-order valence-corrected chi connectivity index (χ0v) is 12.8. The fourth-order valence-electron chi connectivity index (χ4n) is 2.74. The van der Waals surface area contributed by atoms with Crippen LogP contribution in [0.25, 0.3) is 0 Å². The highest BCUT2D eigenvalue weighted by atomic mass is 32.1. The Balaban J connectivity index is 1.96. The summed E-state index contributed by atoms with van der Waals surface area (Å²) >= 11 is 1.72. The number of aliphatic carboxylic acids is 1. The Morgan fingerprint density at radius 2 is 2.05 bits per heavy atom. The van der Waals surface area contributed by atoms with Crippen LogP contribution in [0.5, 0.6) is 0 Å². The number of nitrogens with zero attached hydrogens (tertiary/aromatic N) is 1. The summed E-state index contributed by atoms with van der Waals surface area (Å²) in [7, 11) is 0. The van der Waals surface area contributed by atoms with Crippen LogP contribution in [-0.4, -0.2) is 17.6 Å². The van der Waals surface area contributed by atoms with E-state index in [-0.39, 0.29) is 12.6 Å². The van der Waals surface area contributed by atoms with Gasteiger partial charge in [-0.05, 0) is 49.3 Å². The van der Waals surface area contributed by atoms with Crippen LogP contribution in [-0.2, 0) is 4.79 Å². The molecule has 3 rings (SSSR count).